The van der Waals surface area contributed by atoms with Crippen LogP contribution in [-0.4, -0.2) is 16.9 Å². The summed E-state index contributed by atoms with van der Waals surface area (Å²) in [6.07, 6.45) is 4.94. The molecule has 1 N–H and O–H groups in total. The summed E-state index contributed by atoms with van der Waals surface area (Å²) < 4.78 is 0. The zero-order valence-electron chi connectivity index (χ0n) is 7.58. The molecule has 0 spiro atoms. The molecule has 2 aliphatic rings. The lowest BCUT2D eigenvalue weighted by atomic mass is 9.60. The number of carboxylic acid groups (broad SMARTS) is 1. The summed E-state index contributed by atoms with van der Waals surface area (Å²) in [6.45, 7) is 0. The fourth-order valence-electron chi connectivity index (χ4n) is 2.16. The standard InChI is InChI=1S/C10H14O3/c11-8(7-3-1-4-7)10(9(12)13)5-2-6-10/h7H,1-6H2,(H,12,13). The van der Waals surface area contributed by atoms with E-state index in [2.05, 4.69) is 0 Å². The number of rotatable bonds is 3. The Hall–Kier alpha value is -0.860. The molecule has 0 saturated heterocycles. The number of hydrogen-bond donors (Lipinski definition) is 1. The molecule has 0 aromatic rings. The third kappa shape index (κ3) is 1.10. The Morgan fingerprint density at radius 1 is 1.15 bits per heavy atom. The molecule has 2 fully saturated rings. The van der Waals surface area contributed by atoms with E-state index in [-0.39, 0.29) is 11.7 Å². The van der Waals surface area contributed by atoms with Gasteiger partial charge in [0, 0.05) is 5.92 Å². The molecule has 0 heterocycles. The molecule has 0 amide bonds. The summed E-state index contributed by atoms with van der Waals surface area (Å²) in [4.78, 5) is 22.8. The van der Waals surface area contributed by atoms with Crippen LogP contribution in [0.1, 0.15) is 38.5 Å². The Labute approximate surface area is 77.1 Å². The molecule has 0 aromatic heterocycles. The van der Waals surface area contributed by atoms with Gasteiger partial charge in [0.15, 0.2) is 5.78 Å². The third-order valence-electron chi connectivity index (χ3n) is 3.56. The first-order valence-corrected chi connectivity index (χ1v) is 4.94. The zero-order chi connectivity index (χ0) is 9.47. The second-order valence-corrected chi connectivity index (χ2v) is 4.23. The topological polar surface area (TPSA) is 54.4 Å². The SMILES string of the molecule is O=C(O)C1(C(=O)C2CCC2)CCC1. The van der Waals surface area contributed by atoms with E-state index in [4.69, 9.17) is 5.11 Å². The van der Waals surface area contributed by atoms with Gasteiger partial charge in [0.05, 0.1) is 0 Å². The van der Waals surface area contributed by atoms with Gasteiger partial charge in [-0.05, 0) is 25.7 Å². The molecule has 0 aliphatic heterocycles. The number of carboxylic acids is 1. The minimum atomic E-state index is -0.967. The molecular weight excluding hydrogens is 168 g/mol. The minimum absolute atomic E-state index is 0.0116. The number of Topliss-reactive ketones (excluding diaryl/α,β-unsaturated/α-hetero) is 1. The van der Waals surface area contributed by atoms with E-state index < -0.39 is 11.4 Å². The lowest BCUT2D eigenvalue weighted by Gasteiger charge is -2.40. The van der Waals surface area contributed by atoms with Gasteiger partial charge in [-0.15, -0.1) is 0 Å². The Morgan fingerprint density at radius 2 is 1.77 bits per heavy atom. The van der Waals surface area contributed by atoms with Crippen LogP contribution in [0.5, 0.6) is 0 Å². The normalized spacial score (nSPS) is 25.8. The summed E-state index contributed by atoms with van der Waals surface area (Å²) >= 11 is 0. The van der Waals surface area contributed by atoms with Crippen LogP contribution in [0.4, 0.5) is 0 Å². The molecule has 13 heavy (non-hydrogen) atoms. The van der Waals surface area contributed by atoms with E-state index >= 15 is 0 Å². The van der Waals surface area contributed by atoms with Crippen molar-refractivity contribution in [2.24, 2.45) is 11.3 Å². The van der Waals surface area contributed by atoms with Crippen LogP contribution < -0.4 is 0 Å². The van der Waals surface area contributed by atoms with Crippen molar-refractivity contribution >= 4 is 11.8 Å². The van der Waals surface area contributed by atoms with Crippen molar-refractivity contribution in [2.75, 3.05) is 0 Å². The van der Waals surface area contributed by atoms with Gasteiger partial charge in [-0.3, -0.25) is 9.59 Å². The van der Waals surface area contributed by atoms with Crippen LogP contribution in [0.25, 0.3) is 0 Å². The fraction of sp³-hybridized carbons (Fsp3) is 0.800. The molecule has 2 saturated carbocycles. The maximum absolute atomic E-state index is 11.8. The first-order valence-electron chi connectivity index (χ1n) is 4.94. The molecule has 3 heteroatoms. The molecule has 2 rings (SSSR count). The molecule has 0 aromatic carbocycles. The summed E-state index contributed by atoms with van der Waals surface area (Å²) in [5.41, 5.74) is -0.967. The average Bonchev–Trinajstić information content (AvgIpc) is 1.77. The predicted molar refractivity (Wildman–Crippen MR) is 46.3 cm³/mol. The van der Waals surface area contributed by atoms with Gasteiger partial charge in [0.1, 0.15) is 5.41 Å². The fourth-order valence-corrected chi connectivity index (χ4v) is 2.16. The van der Waals surface area contributed by atoms with E-state index in [1.165, 1.54) is 0 Å². The number of carbonyl (C=O) groups excluding carboxylic acids is 1. The van der Waals surface area contributed by atoms with Crippen LogP contribution in [0.3, 0.4) is 0 Å². The molecule has 3 nitrogen and oxygen atoms in total. The van der Waals surface area contributed by atoms with Gasteiger partial charge >= 0.3 is 5.97 Å². The first kappa shape index (κ1) is 8.73. The number of ketones is 1. The van der Waals surface area contributed by atoms with Crippen molar-refractivity contribution in [3.05, 3.63) is 0 Å². The highest BCUT2D eigenvalue weighted by molar-refractivity contribution is 6.05. The van der Waals surface area contributed by atoms with Crippen molar-refractivity contribution in [2.45, 2.75) is 38.5 Å². The van der Waals surface area contributed by atoms with E-state index in [0.717, 1.165) is 25.7 Å². The minimum Gasteiger partial charge on any atom is -0.480 e. The van der Waals surface area contributed by atoms with Crippen molar-refractivity contribution in [1.82, 2.24) is 0 Å². The second kappa shape index (κ2) is 2.82. The lowest BCUT2D eigenvalue weighted by molar-refractivity contribution is -0.164. The van der Waals surface area contributed by atoms with Crippen LogP contribution in [0.2, 0.25) is 0 Å². The summed E-state index contributed by atoms with van der Waals surface area (Å²) in [7, 11) is 0. The summed E-state index contributed by atoms with van der Waals surface area (Å²) in [5.74, 6) is -0.815. The van der Waals surface area contributed by atoms with Crippen LogP contribution >= 0.6 is 0 Å². The molecule has 0 atom stereocenters. The van der Waals surface area contributed by atoms with Gasteiger partial charge in [0.2, 0.25) is 0 Å². The molecule has 0 unspecified atom stereocenters. The maximum Gasteiger partial charge on any atom is 0.317 e. The molecule has 0 radical (unpaired) electrons. The highest BCUT2D eigenvalue weighted by Crippen LogP contribution is 2.46. The second-order valence-electron chi connectivity index (χ2n) is 4.23. The van der Waals surface area contributed by atoms with E-state index in [9.17, 15) is 9.59 Å². The molecular formula is C10H14O3. The van der Waals surface area contributed by atoms with Crippen LogP contribution in [0.15, 0.2) is 0 Å². The lowest BCUT2D eigenvalue weighted by Crippen LogP contribution is -2.49. The van der Waals surface area contributed by atoms with Gasteiger partial charge in [0.25, 0.3) is 0 Å². The number of hydrogen-bond acceptors (Lipinski definition) is 2. The monoisotopic (exact) mass is 182 g/mol. The smallest absolute Gasteiger partial charge is 0.317 e. The van der Waals surface area contributed by atoms with Crippen molar-refractivity contribution in [1.29, 1.82) is 0 Å². The van der Waals surface area contributed by atoms with Crippen molar-refractivity contribution < 1.29 is 14.7 Å². The number of aliphatic carboxylic acids is 1. The Morgan fingerprint density at radius 3 is 2.00 bits per heavy atom. The Kier molecular flexibility index (Phi) is 1.90. The highest BCUT2D eigenvalue weighted by Gasteiger charge is 2.53. The van der Waals surface area contributed by atoms with E-state index in [1.807, 2.05) is 0 Å². The third-order valence-corrected chi connectivity index (χ3v) is 3.56. The van der Waals surface area contributed by atoms with Crippen molar-refractivity contribution in [3.8, 4) is 0 Å². The maximum atomic E-state index is 11.8. The van der Waals surface area contributed by atoms with Crippen LogP contribution in [0, 0.1) is 11.3 Å². The first-order chi connectivity index (χ1) is 6.17. The van der Waals surface area contributed by atoms with Gasteiger partial charge < -0.3 is 5.11 Å². The molecule has 2 aliphatic carbocycles. The van der Waals surface area contributed by atoms with Gasteiger partial charge in [-0.25, -0.2) is 0 Å². The van der Waals surface area contributed by atoms with Crippen LogP contribution in [-0.2, 0) is 9.59 Å². The van der Waals surface area contributed by atoms with E-state index in [0.29, 0.717) is 12.8 Å². The largest absolute Gasteiger partial charge is 0.480 e. The highest BCUT2D eigenvalue weighted by atomic mass is 16.4. The summed E-state index contributed by atoms with van der Waals surface area (Å²) in [6, 6.07) is 0. The number of carbonyl (C=O) groups is 2. The van der Waals surface area contributed by atoms with Crippen molar-refractivity contribution in [3.63, 3.8) is 0 Å². The molecule has 72 valence electrons. The molecule has 0 bridgehead atoms. The quantitative estimate of drug-likeness (QED) is 0.674. The zero-order valence-corrected chi connectivity index (χ0v) is 7.58. The van der Waals surface area contributed by atoms with Gasteiger partial charge in [-0.2, -0.15) is 0 Å². The average molecular weight is 182 g/mol. The summed E-state index contributed by atoms with van der Waals surface area (Å²) in [5, 5.41) is 9.00. The van der Waals surface area contributed by atoms with Gasteiger partial charge in [-0.1, -0.05) is 12.8 Å². The predicted octanol–water partition coefficient (Wildman–Crippen LogP) is 1.61. The van der Waals surface area contributed by atoms with E-state index in [1.54, 1.807) is 0 Å². The Balaban J connectivity index is 2.11. The Bertz CT molecular complexity index is 249.